The van der Waals surface area contributed by atoms with Gasteiger partial charge in [0.05, 0.1) is 10.9 Å². The number of aryl methyl sites for hydroxylation is 1. The first-order chi connectivity index (χ1) is 20.8. The van der Waals surface area contributed by atoms with Gasteiger partial charge in [-0.1, -0.05) is 121 Å². The van der Waals surface area contributed by atoms with Gasteiger partial charge in [-0.25, -0.2) is 13.6 Å². The molecule has 1 unspecified atom stereocenters. The Morgan fingerprint density at radius 3 is 1.95 bits per heavy atom. The van der Waals surface area contributed by atoms with Crippen LogP contribution in [0.2, 0.25) is 0 Å². The van der Waals surface area contributed by atoms with Crippen LogP contribution in [0.5, 0.6) is 0 Å². The molecule has 218 valence electrons. The lowest BCUT2D eigenvalue weighted by Crippen LogP contribution is -2.45. The first-order valence-corrected chi connectivity index (χ1v) is 15.7. The number of carbonyl (C=O) groups is 1. The van der Waals surface area contributed by atoms with E-state index < -0.39 is 16.1 Å². The molecule has 0 saturated heterocycles. The van der Waals surface area contributed by atoms with Crippen LogP contribution in [0.25, 0.3) is 11.1 Å². The number of nitrogens with one attached hydrogen (secondary N) is 1. The second-order valence-corrected chi connectivity index (χ2v) is 12.2. The van der Waals surface area contributed by atoms with E-state index in [4.69, 9.17) is 5.14 Å². The van der Waals surface area contributed by atoms with Crippen LogP contribution in [-0.2, 0) is 34.3 Å². The predicted molar refractivity (Wildman–Crippen MR) is 173 cm³/mol. The minimum absolute atomic E-state index is 0.0578. The molecule has 0 aliphatic rings. The van der Waals surface area contributed by atoms with Crippen LogP contribution in [0.3, 0.4) is 0 Å². The van der Waals surface area contributed by atoms with Gasteiger partial charge in [0.15, 0.2) is 0 Å². The SMILES string of the molecule is Cc1cccc(CN(Cc2ccccc2)C(Cc2ccccc2)C(=O)Nc2ccc(-c3ccccc3S(N)(=O)=O)cc2)c1. The molecule has 0 radical (unpaired) electrons. The number of sulfonamides is 1. The van der Waals surface area contributed by atoms with Crippen molar-refractivity contribution in [3.8, 4) is 11.1 Å². The quantitative estimate of drug-likeness (QED) is 0.183. The topological polar surface area (TPSA) is 92.5 Å². The second-order valence-electron chi connectivity index (χ2n) is 10.7. The molecular formula is C36H35N3O3S. The van der Waals surface area contributed by atoms with Gasteiger partial charge < -0.3 is 5.32 Å². The molecule has 0 aliphatic heterocycles. The van der Waals surface area contributed by atoms with Crippen LogP contribution in [0.1, 0.15) is 22.3 Å². The molecule has 0 aliphatic carbocycles. The zero-order valence-electron chi connectivity index (χ0n) is 24.1. The van der Waals surface area contributed by atoms with Crippen LogP contribution in [0.4, 0.5) is 5.69 Å². The monoisotopic (exact) mass is 589 g/mol. The smallest absolute Gasteiger partial charge is 0.242 e. The summed E-state index contributed by atoms with van der Waals surface area (Å²) in [5, 5.41) is 8.57. The van der Waals surface area contributed by atoms with Crippen LogP contribution in [-0.4, -0.2) is 25.3 Å². The summed E-state index contributed by atoms with van der Waals surface area (Å²) in [7, 11) is -3.89. The Labute approximate surface area is 253 Å². The van der Waals surface area contributed by atoms with E-state index >= 15 is 0 Å². The maximum atomic E-state index is 14.1. The Morgan fingerprint density at radius 1 is 0.721 bits per heavy atom. The first-order valence-electron chi connectivity index (χ1n) is 14.2. The van der Waals surface area contributed by atoms with Gasteiger partial charge in [-0.3, -0.25) is 9.69 Å². The van der Waals surface area contributed by atoms with Crippen molar-refractivity contribution in [2.45, 2.75) is 37.4 Å². The van der Waals surface area contributed by atoms with E-state index in [0.29, 0.717) is 36.3 Å². The van der Waals surface area contributed by atoms with Crippen molar-refractivity contribution in [2.24, 2.45) is 5.14 Å². The van der Waals surface area contributed by atoms with Gasteiger partial charge in [-0.15, -0.1) is 0 Å². The third kappa shape index (κ3) is 8.05. The molecule has 0 heterocycles. The number of amides is 1. The summed E-state index contributed by atoms with van der Waals surface area (Å²) in [5.41, 5.74) is 6.32. The van der Waals surface area contributed by atoms with Gasteiger partial charge >= 0.3 is 0 Å². The molecule has 3 N–H and O–H groups in total. The third-order valence-corrected chi connectivity index (χ3v) is 8.34. The Morgan fingerprint density at radius 2 is 1.30 bits per heavy atom. The molecule has 1 atom stereocenters. The molecule has 6 nitrogen and oxygen atoms in total. The Hall–Kier alpha value is -4.56. The second kappa shape index (κ2) is 13.6. The fourth-order valence-corrected chi connectivity index (χ4v) is 6.04. The van der Waals surface area contributed by atoms with E-state index in [-0.39, 0.29) is 10.8 Å². The summed E-state index contributed by atoms with van der Waals surface area (Å²) in [4.78, 5) is 16.4. The zero-order chi connectivity index (χ0) is 30.2. The van der Waals surface area contributed by atoms with E-state index in [1.54, 1.807) is 42.5 Å². The fourth-order valence-electron chi connectivity index (χ4n) is 5.28. The van der Waals surface area contributed by atoms with Crippen molar-refractivity contribution in [1.29, 1.82) is 0 Å². The Bertz CT molecular complexity index is 1770. The van der Waals surface area contributed by atoms with Crippen LogP contribution in [0, 0.1) is 6.92 Å². The highest BCUT2D eigenvalue weighted by Gasteiger charge is 2.27. The van der Waals surface area contributed by atoms with E-state index in [1.807, 2.05) is 54.6 Å². The average Bonchev–Trinajstić information content (AvgIpc) is 3.00. The molecule has 5 rings (SSSR count). The lowest BCUT2D eigenvalue weighted by Gasteiger charge is -2.31. The summed E-state index contributed by atoms with van der Waals surface area (Å²) in [6.45, 7) is 3.28. The summed E-state index contributed by atoms with van der Waals surface area (Å²) in [5.74, 6) is -0.120. The van der Waals surface area contributed by atoms with Gasteiger partial charge in [-0.05, 0) is 53.8 Å². The number of carbonyl (C=O) groups excluding carboxylic acids is 1. The molecular weight excluding hydrogens is 554 g/mol. The van der Waals surface area contributed by atoms with Crippen molar-refractivity contribution < 1.29 is 13.2 Å². The number of anilines is 1. The Balaban J connectivity index is 1.45. The lowest BCUT2D eigenvalue weighted by molar-refractivity contribution is -0.121. The van der Waals surface area contributed by atoms with Gasteiger partial charge in [-0.2, -0.15) is 0 Å². The molecule has 0 saturated carbocycles. The highest BCUT2D eigenvalue weighted by atomic mass is 32.2. The summed E-state index contributed by atoms with van der Waals surface area (Å²) >= 11 is 0. The van der Waals surface area contributed by atoms with Crippen molar-refractivity contribution in [3.63, 3.8) is 0 Å². The summed E-state index contributed by atoms with van der Waals surface area (Å²) < 4.78 is 24.2. The maximum absolute atomic E-state index is 14.1. The van der Waals surface area contributed by atoms with Crippen molar-refractivity contribution in [1.82, 2.24) is 4.90 Å². The highest BCUT2D eigenvalue weighted by molar-refractivity contribution is 7.89. The van der Waals surface area contributed by atoms with Crippen molar-refractivity contribution in [2.75, 3.05) is 5.32 Å². The number of hydrogen-bond acceptors (Lipinski definition) is 4. The lowest BCUT2D eigenvalue weighted by atomic mass is 10.0. The molecule has 0 bridgehead atoms. The predicted octanol–water partition coefficient (Wildman–Crippen LogP) is 6.56. The van der Waals surface area contributed by atoms with Gasteiger partial charge in [0.2, 0.25) is 15.9 Å². The fraction of sp³-hybridized carbons (Fsp3) is 0.139. The summed E-state index contributed by atoms with van der Waals surface area (Å²) in [6, 6.07) is 41.9. The number of nitrogens with two attached hydrogens (primary N) is 1. The molecule has 0 spiro atoms. The van der Waals surface area contributed by atoms with E-state index in [1.165, 1.54) is 11.6 Å². The number of nitrogens with zero attached hydrogens (tertiary/aromatic N) is 1. The number of benzene rings is 5. The molecule has 7 heteroatoms. The molecule has 43 heavy (non-hydrogen) atoms. The van der Waals surface area contributed by atoms with Crippen LogP contribution < -0.4 is 10.5 Å². The zero-order valence-corrected chi connectivity index (χ0v) is 24.9. The molecule has 5 aromatic carbocycles. The summed E-state index contributed by atoms with van der Waals surface area (Å²) in [6.07, 6.45) is 0.533. The van der Waals surface area contributed by atoms with Crippen LogP contribution >= 0.6 is 0 Å². The minimum atomic E-state index is -3.89. The Kier molecular flexibility index (Phi) is 9.47. The van der Waals surface area contributed by atoms with E-state index in [2.05, 4.69) is 47.5 Å². The van der Waals surface area contributed by atoms with Crippen molar-refractivity contribution >= 4 is 21.6 Å². The number of hydrogen-bond donors (Lipinski definition) is 2. The highest BCUT2D eigenvalue weighted by Crippen LogP contribution is 2.28. The van der Waals surface area contributed by atoms with Gasteiger partial charge in [0.25, 0.3) is 0 Å². The average molecular weight is 590 g/mol. The number of rotatable bonds is 11. The van der Waals surface area contributed by atoms with E-state index in [9.17, 15) is 13.2 Å². The largest absolute Gasteiger partial charge is 0.325 e. The van der Waals surface area contributed by atoms with Crippen molar-refractivity contribution in [3.05, 3.63) is 156 Å². The maximum Gasteiger partial charge on any atom is 0.242 e. The van der Waals surface area contributed by atoms with Gasteiger partial charge in [0, 0.05) is 24.3 Å². The van der Waals surface area contributed by atoms with Gasteiger partial charge in [0.1, 0.15) is 0 Å². The molecule has 1 amide bonds. The third-order valence-electron chi connectivity index (χ3n) is 7.37. The minimum Gasteiger partial charge on any atom is -0.325 e. The number of primary sulfonamides is 1. The molecule has 5 aromatic rings. The van der Waals surface area contributed by atoms with Crippen LogP contribution in [0.15, 0.2) is 138 Å². The first kappa shape index (κ1) is 29.9. The molecule has 0 fully saturated rings. The van der Waals surface area contributed by atoms with E-state index in [0.717, 1.165) is 16.7 Å². The normalized spacial score (nSPS) is 12.2. The standard InChI is InChI=1S/C36H35N3O3S/c1-27-11-10-16-30(23-27)26-39(25-29-14-6-3-7-15-29)34(24-28-12-4-2-5-13-28)36(40)38-32-21-19-31(20-22-32)33-17-8-9-18-35(33)43(37,41)42/h2-23,34H,24-26H2,1H3,(H,38,40)(H2,37,41,42). The molecule has 0 aromatic heterocycles.